The molecule has 0 aliphatic carbocycles. The first kappa shape index (κ1) is 52.7. The number of allylic oxidation sites excluding steroid dienone is 6. The Labute approximate surface area is 401 Å². The van der Waals surface area contributed by atoms with Crippen LogP contribution in [0.1, 0.15) is 64.5 Å². The number of rotatable bonds is 15. The summed E-state index contributed by atoms with van der Waals surface area (Å²) in [6, 6.07) is 8.05. The van der Waals surface area contributed by atoms with E-state index in [0.29, 0.717) is 40.3 Å². The zero-order chi connectivity index (χ0) is 43.1. The van der Waals surface area contributed by atoms with E-state index >= 15 is 0 Å². The van der Waals surface area contributed by atoms with E-state index in [0.717, 1.165) is 0 Å². The van der Waals surface area contributed by atoms with Gasteiger partial charge < -0.3 is 28.0 Å². The molecule has 0 aromatic heterocycles. The monoisotopic (exact) mass is 948 g/mol. The summed E-state index contributed by atoms with van der Waals surface area (Å²) in [5.74, 6) is -0.612. The molecular formula is C37H43ClN2Na2O14S4. The van der Waals surface area contributed by atoms with Gasteiger partial charge >= 0.3 is 59.1 Å². The number of nitrogens with zero attached hydrogens (tertiary/aromatic N) is 2. The second kappa shape index (κ2) is 20.1. The predicted octanol–water partition coefficient (Wildman–Crippen LogP) is -1.51. The topological polar surface area (TPSA) is 251 Å². The number of unbranched alkanes of at least 4 members (excludes halogenated alkanes) is 2. The quantitative estimate of drug-likeness (QED) is 0.0923. The van der Waals surface area contributed by atoms with E-state index in [4.69, 9.17) is 21.1 Å². The van der Waals surface area contributed by atoms with Crippen molar-refractivity contribution < 1.29 is 125 Å². The Balaban J connectivity index is 0.00000480. The van der Waals surface area contributed by atoms with Crippen molar-refractivity contribution in [3.8, 4) is 0 Å². The first-order valence-electron chi connectivity index (χ1n) is 18.0. The van der Waals surface area contributed by atoms with Crippen molar-refractivity contribution in [3.05, 3.63) is 94.1 Å². The van der Waals surface area contributed by atoms with Gasteiger partial charge in [0.15, 0.2) is 5.71 Å². The number of hydrogen-bond donors (Lipinski definition) is 1. The van der Waals surface area contributed by atoms with Crippen LogP contribution in [0.5, 0.6) is 0 Å². The molecule has 3 aliphatic rings. The van der Waals surface area contributed by atoms with Gasteiger partial charge in [-0.1, -0.05) is 25.4 Å². The van der Waals surface area contributed by atoms with Crippen molar-refractivity contribution in [1.82, 2.24) is 0 Å². The third-order valence-electron chi connectivity index (χ3n) is 10.2. The largest absolute Gasteiger partial charge is 1.00 e. The van der Waals surface area contributed by atoms with Crippen molar-refractivity contribution in [2.24, 2.45) is 0 Å². The number of benzene rings is 2. The fourth-order valence-electron chi connectivity index (χ4n) is 7.31. The van der Waals surface area contributed by atoms with Crippen LogP contribution >= 0.6 is 11.6 Å². The molecule has 0 saturated heterocycles. The van der Waals surface area contributed by atoms with E-state index < -0.39 is 72.6 Å². The number of halogens is 1. The van der Waals surface area contributed by atoms with E-state index in [1.165, 1.54) is 36.4 Å². The molecule has 16 nitrogen and oxygen atoms in total. The van der Waals surface area contributed by atoms with Gasteiger partial charge in [0.1, 0.15) is 56.5 Å². The van der Waals surface area contributed by atoms with Gasteiger partial charge in [0, 0.05) is 53.2 Å². The zero-order valence-electron chi connectivity index (χ0n) is 34.0. The predicted molar refractivity (Wildman–Crippen MR) is 212 cm³/mol. The summed E-state index contributed by atoms with van der Waals surface area (Å²) < 4.78 is 151. The third kappa shape index (κ3) is 12.6. The van der Waals surface area contributed by atoms with E-state index in [-0.39, 0.29) is 121 Å². The van der Waals surface area contributed by atoms with E-state index in [1.807, 2.05) is 37.2 Å². The Bertz CT molecular complexity index is 2600. The van der Waals surface area contributed by atoms with E-state index in [9.17, 15) is 51.9 Å². The van der Waals surface area contributed by atoms with Gasteiger partial charge in [-0.15, -0.1) is 0 Å². The van der Waals surface area contributed by atoms with Crippen LogP contribution < -0.4 is 64.0 Å². The maximum Gasteiger partial charge on any atom is 1.00 e. The molecule has 0 saturated carbocycles. The minimum Gasteiger partial charge on any atom is -0.748 e. The van der Waals surface area contributed by atoms with Crippen LogP contribution in [-0.4, -0.2) is 100.0 Å². The zero-order valence-corrected chi connectivity index (χ0v) is 42.0. The summed E-state index contributed by atoms with van der Waals surface area (Å²) in [5, 5.41) is 0.0687. The normalized spacial score (nSPS) is 19.1. The Morgan fingerprint density at radius 1 is 0.767 bits per heavy atom. The Hall–Kier alpha value is -1.60. The number of fused-ring (bicyclic) bond motifs is 2. The maximum atomic E-state index is 11.9. The Morgan fingerprint density at radius 3 is 1.95 bits per heavy atom. The van der Waals surface area contributed by atoms with Gasteiger partial charge in [0.2, 0.25) is 5.69 Å². The van der Waals surface area contributed by atoms with E-state index in [1.54, 1.807) is 24.3 Å². The molecule has 318 valence electrons. The Kier molecular flexibility index (Phi) is 17.6. The van der Waals surface area contributed by atoms with Crippen LogP contribution in [0, 0.1) is 0 Å². The molecule has 60 heavy (non-hydrogen) atoms. The molecule has 23 heteroatoms. The molecule has 0 bridgehead atoms. The maximum absolute atomic E-state index is 11.9. The SMILES string of the molecule is CC1(C)C(=CC=C2OCCOC(C=CC3=[N+](CCCCS(=O)(=O)O)c4ccc(S(=O)(=O)[O-])cc4C3(C)C)=C2Cl)N(CCCCS(=O)(=O)[O-])c2ccc(S(=O)(=O)[O-])cc21.[Na+].[Na+]. The van der Waals surface area contributed by atoms with Crippen molar-refractivity contribution in [2.75, 3.05) is 42.7 Å². The molecule has 0 fully saturated rings. The number of anilines is 1. The molecule has 2 aromatic rings. The van der Waals surface area contributed by atoms with Gasteiger partial charge in [0.25, 0.3) is 10.1 Å². The summed E-state index contributed by atoms with van der Waals surface area (Å²) in [6.07, 6.45) is 7.46. The Morgan fingerprint density at radius 2 is 1.35 bits per heavy atom. The van der Waals surface area contributed by atoms with Gasteiger partial charge in [-0.3, -0.25) is 4.55 Å². The van der Waals surface area contributed by atoms with Gasteiger partial charge in [0.05, 0.1) is 31.1 Å². The average molecular weight is 949 g/mol. The number of ether oxygens (including phenoxy) is 2. The minimum absolute atomic E-state index is 0. The smallest absolute Gasteiger partial charge is 0.748 e. The van der Waals surface area contributed by atoms with Gasteiger partial charge in [-0.2, -0.15) is 13.0 Å². The van der Waals surface area contributed by atoms with Crippen LogP contribution in [0.2, 0.25) is 0 Å². The molecule has 0 unspecified atom stereocenters. The first-order valence-corrected chi connectivity index (χ1v) is 24.4. The van der Waals surface area contributed by atoms with E-state index in [2.05, 4.69) is 0 Å². The van der Waals surface area contributed by atoms with Crippen molar-refractivity contribution in [2.45, 2.75) is 74.0 Å². The fraction of sp³-hybridized carbons (Fsp3) is 0.432. The van der Waals surface area contributed by atoms with Crippen molar-refractivity contribution in [1.29, 1.82) is 0 Å². The molecule has 3 aliphatic heterocycles. The molecule has 0 radical (unpaired) electrons. The van der Waals surface area contributed by atoms with Crippen LogP contribution in [0.4, 0.5) is 11.4 Å². The second-order valence-electron chi connectivity index (χ2n) is 15.0. The van der Waals surface area contributed by atoms with Gasteiger partial charge in [-0.05, 0) is 87.2 Å². The molecule has 0 amide bonds. The average Bonchev–Trinajstić information content (AvgIpc) is 3.34. The van der Waals surface area contributed by atoms with Crippen LogP contribution in [0.25, 0.3) is 0 Å². The first-order chi connectivity index (χ1) is 26.7. The van der Waals surface area contributed by atoms with Crippen LogP contribution in [0.3, 0.4) is 0 Å². The summed E-state index contributed by atoms with van der Waals surface area (Å²) in [7, 11) is -18.2. The molecule has 5 rings (SSSR count). The fourth-order valence-corrected chi connectivity index (χ4v) is 9.66. The van der Waals surface area contributed by atoms with Crippen molar-refractivity contribution >= 4 is 69.2 Å². The van der Waals surface area contributed by atoms with Gasteiger partial charge in [-0.25, -0.2) is 25.3 Å². The number of hydrogen-bond acceptors (Lipinski definition) is 14. The summed E-state index contributed by atoms with van der Waals surface area (Å²) >= 11 is 6.92. The second-order valence-corrected chi connectivity index (χ2v) is 21.2. The summed E-state index contributed by atoms with van der Waals surface area (Å²) in [6.45, 7) is 8.01. The molecular weight excluding hydrogens is 906 g/mol. The molecule has 1 N–H and O–H groups in total. The minimum atomic E-state index is -4.79. The van der Waals surface area contributed by atoms with Crippen LogP contribution in [0.15, 0.2) is 92.7 Å². The third-order valence-corrected chi connectivity index (χ3v) is 13.8. The molecule has 0 atom stereocenters. The summed E-state index contributed by atoms with van der Waals surface area (Å²) in [4.78, 5) is 1.02. The molecule has 3 heterocycles. The summed E-state index contributed by atoms with van der Waals surface area (Å²) in [5.41, 5.74) is 1.76. The van der Waals surface area contributed by atoms with Crippen molar-refractivity contribution in [3.63, 3.8) is 0 Å². The molecule has 0 spiro atoms. The molecule has 2 aromatic carbocycles. The van der Waals surface area contributed by atoms with Crippen LogP contribution in [-0.2, 0) is 60.8 Å². The standard InChI is InChI=1S/C37H45ClN2O14S4.2Na/c1-36(2)27-23-25(57(47,48)49)9-11-29(27)39(17-5-7-21-55(41,42)43)33(36)15-13-31-35(38)32(54-20-19-53-31)14-16-34-37(3,4)28-24-26(58(50,51)52)10-12-30(28)40(34)18-6-8-22-56(44,45)46;;/h9-16,23-24H,5-8,17-22H2,1-4H3,(H3-,41,42,43,44,45,46,47,48,49,50,51,52);;/q;2*+1/p-2.